The summed E-state index contributed by atoms with van der Waals surface area (Å²) < 4.78 is 0. The summed E-state index contributed by atoms with van der Waals surface area (Å²) in [5.41, 5.74) is 4.96. The molecule has 1 atom stereocenters. The predicted molar refractivity (Wildman–Crippen MR) is 114 cm³/mol. The first-order valence-electron chi connectivity index (χ1n) is 10.7. The normalized spacial score (nSPS) is 32.0. The molecule has 4 aliphatic carbocycles. The van der Waals surface area contributed by atoms with E-state index in [1.54, 1.807) is 0 Å². The van der Waals surface area contributed by atoms with Gasteiger partial charge in [0.25, 0.3) is 5.91 Å². The monoisotopic (exact) mass is 408 g/mol. The van der Waals surface area contributed by atoms with Gasteiger partial charge in [-0.2, -0.15) is 0 Å². The lowest BCUT2D eigenvalue weighted by Crippen LogP contribution is -2.60. The molecule has 0 spiro atoms. The predicted octanol–water partition coefficient (Wildman–Crippen LogP) is 2.64. The molecule has 0 aromatic rings. The van der Waals surface area contributed by atoms with Crippen molar-refractivity contribution in [2.75, 3.05) is 0 Å². The molecule has 0 saturated heterocycles. The average Bonchev–Trinajstić information content (AvgIpc) is 2.54. The lowest BCUT2D eigenvalue weighted by atomic mass is 9.49. The molecule has 4 N–H and O–H groups in total. The molecule has 6 nitrogen and oxygen atoms in total. The Kier molecular flexibility index (Phi) is 5.95. The van der Waals surface area contributed by atoms with Crippen LogP contribution in [-0.2, 0) is 9.59 Å². The van der Waals surface area contributed by atoms with Gasteiger partial charge in [0.15, 0.2) is 5.11 Å². The maximum Gasteiger partial charge on any atom is 0.261 e. The third-order valence-corrected chi connectivity index (χ3v) is 6.75. The lowest BCUT2D eigenvalue weighted by molar-refractivity contribution is -0.149. The maximum absolute atomic E-state index is 13.3. The second-order valence-corrected chi connectivity index (χ2v) is 11.1. The quantitative estimate of drug-likeness (QED) is 0.425. The van der Waals surface area contributed by atoms with Gasteiger partial charge in [0.1, 0.15) is 6.04 Å². The Labute approximate surface area is 174 Å². The van der Waals surface area contributed by atoms with Crippen LogP contribution in [-0.4, -0.2) is 28.5 Å². The van der Waals surface area contributed by atoms with Gasteiger partial charge in [-0.1, -0.05) is 13.8 Å². The van der Waals surface area contributed by atoms with E-state index in [0.717, 1.165) is 19.3 Å². The highest BCUT2D eigenvalue weighted by atomic mass is 32.1. The zero-order valence-electron chi connectivity index (χ0n) is 17.9. The molecule has 4 fully saturated rings. The standard InChI is InChI=1S/C21H36N4O2S/c1-12(2)16(17(26)24-25-19(28)23-20(3,4)5)22-18(27)21-9-13-6-14(10-21)8-15(7-13)11-21/h12-16H,6-11H2,1-5H3,(H,22,27)(H,24,26)(H2,23,25,28)/t13?,14?,15?,16-,21?/m1/s1. The van der Waals surface area contributed by atoms with E-state index in [1.807, 2.05) is 34.6 Å². The van der Waals surface area contributed by atoms with Gasteiger partial charge in [0, 0.05) is 11.0 Å². The first kappa shape index (κ1) is 21.3. The summed E-state index contributed by atoms with van der Waals surface area (Å²) in [4.78, 5) is 26.0. The van der Waals surface area contributed by atoms with Gasteiger partial charge in [-0.15, -0.1) is 0 Å². The van der Waals surface area contributed by atoms with E-state index >= 15 is 0 Å². The van der Waals surface area contributed by atoms with Crippen molar-refractivity contribution in [2.24, 2.45) is 29.1 Å². The molecule has 28 heavy (non-hydrogen) atoms. The number of hydrogen-bond donors (Lipinski definition) is 4. The number of carbonyl (C=O) groups excluding carboxylic acids is 2. The van der Waals surface area contributed by atoms with Gasteiger partial charge >= 0.3 is 0 Å². The molecule has 4 rings (SSSR count). The topological polar surface area (TPSA) is 82.3 Å². The highest BCUT2D eigenvalue weighted by Crippen LogP contribution is 2.60. The van der Waals surface area contributed by atoms with Gasteiger partial charge in [-0.3, -0.25) is 20.4 Å². The molecule has 0 aromatic carbocycles. The van der Waals surface area contributed by atoms with Crippen LogP contribution in [0, 0.1) is 29.1 Å². The Morgan fingerprint density at radius 1 is 0.964 bits per heavy atom. The van der Waals surface area contributed by atoms with Crippen LogP contribution < -0.4 is 21.5 Å². The second kappa shape index (κ2) is 7.81. The molecular weight excluding hydrogens is 372 g/mol. The van der Waals surface area contributed by atoms with E-state index in [4.69, 9.17) is 12.2 Å². The van der Waals surface area contributed by atoms with Crippen LogP contribution in [0.25, 0.3) is 0 Å². The number of hydrogen-bond acceptors (Lipinski definition) is 3. The highest BCUT2D eigenvalue weighted by molar-refractivity contribution is 7.80. The summed E-state index contributed by atoms with van der Waals surface area (Å²) in [6.45, 7) is 9.88. The van der Waals surface area contributed by atoms with Crippen molar-refractivity contribution in [1.82, 2.24) is 21.5 Å². The Hall–Kier alpha value is -1.37. The summed E-state index contributed by atoms with van der Waals surface area (Å²) in [7, 11) is 0. The number of rotatable bonds is 4. The number of nitrogens with one attached hydrogen (secondary N) is 4. The van der Waals surface area contributed by atoms with Crippen LogP contribution in [0.1, 0.15) is 73.1 Å². The average molecular weight is 409 g/mol. The Morgan fingerprint density at radius 3 is 1.89 bits per heavy atom. The van der Waals surface area contributed by atoms with Gasteiger partial charge in [0.2, 0.25) is 5.91 Å². The third-order valence-electron chi connectivity index (χ3n) is 6.54. The van der Waals surface area contributed by atoms with Gasteiger partial charge in [-0.05, 0) is 95.2 Å². The van der Waals surface area contributed by atoms with Crippen LogP contribution in [0.4, 0.5) is 0 Å². The van der Waals surface area contributed by atoms with E-state index in [1.165, 1.54) is 19.3 Å². The van der Waals surface area contributed by atoms with Crippen LogP contribution in [0.5, 0.6) is 0 Å². The molecule has 0 radical (unpaired) electrons. The van der Waals surface area contributed by atoms with Gasteiger partial charge in [-0.25, -0.2) is 0 Å². The molecule has 4 bridgehead atoms. The fourth-order valence-electron chi connectivity index (χ4n) is 5.79. The van der Waals surface area contributed by atoms with E-state index in [0.29, 0.717) is 22.9 Å². The summed E-state index contributed by atoms with van der Waals surface area (Å²) >= 11 is 5.21. The van der Waals surface area contributed by atoms with Gasteiger partial charge in [0.05, 0.1) is 0 Å². The van der Waals surface area contributed by atoms with Crippen molar-refractivity contribution in [3.63, 3.8) is 0 Å². The smallest absolute Gasteiger partial charge is 0.261 e. The summed E-state index contributed by atoms with van der Waals surface area (Å²) in [6.07, 6.45) is 6.87. The fourth-order valence-corrected chi connectivity index (χ4v) is 6.14. The Bertz CT molecular complexity index is 606. The fraction of sp³-hybridized carbons (Fsp3) is 0.857. The first-order chi connectivity index (χ1) is 13.0. The minimum absolute atomic E-state index is 0.0104. The first-order valence-corrected chi connectivity index (χ1v) is 11.1. The molecule has 0 aromatic heterocycles. The maximum atomic E-state index is 13.3. The molecule has 2 amide bonds. The van der Waals surface area contributed by atoms with Crippen LogP contribution in [0.15, 0.2) is 0 Å². The summed E-state index contributed by atoms with van der Waals surface area (Å²) in [6, 6.07) is -0.578. The number of carbonyl (C=O) groups is 2. The molecule has 7 heteroatoms. The number of thiocarbonyl (C=S) groups is 1. The zero-order chi connectivity index (χ0) is 20.7. The minimum Gasteiger partial charge on any atom is -0.357 e. The molecule has 4 saturated carbocycles. The van der Waals surface area contributed by atoms with Gasteiger partial charge < -0.3 is 10.6 Å². The zero-order valence-corrected chi connectivity index (χ0v) is 18.7. The summed E-state index contributed by atoms with van der Waals surface area (Å²) in [5, 5.41) is 6.54. The van der Waals surface area contributed by atoms with Crippen LogP contribution >= 0.6 is 12.2 Å². The number of hydrazine groups is 1. The molecule has 0 aliphatic heterocycles. The van der Waals surface area contributed by atoms with E-state index in [-0.39, 0.29) is 28.7 Å². The molecule has 0 heterocycles. The van der Waals surface area contributed by atoms with Crippen molar-refractivity contribution in [2.45, 2.75) is 84.7 Å². The van der Waals surface area contributed by atoms with Crippen molar-refractivity contribution in [3.05, 3.63) is 0 Å². The van der Waals surface area contributed by atoms with Crippen LogP contribution in [0.2, 0.25) is 0 Å². The largest absolute Gasteiger partial charge is 0.357 e. The number of amides is 2. The Morgan fingerprint density at radius 2 is 1.46 bits per heavy atom. The minimum atomic E-state index is -0.578. The van der Waals surface area contributed by atoms with E-state index in [9.17, 15) is 9.59 Å². The summed E-state index contributed by atoms with van der Waals surface area (Å²) in [5.74, 6) is 1.91. The molecule has 0 unspecified atom stereocenters. The third kappa shape index (κ3) is 4.78. The molecular formula is C21H36N4O2S. The Balaban J connectivity index is 1.59. The SMILES string of the molecule is CC(C)[C@@H](NC(=O)C12CC3CC(CC(C3)C1)C2)C(=O)NNC(=S)NC(C)(C)C. The highest BCUT2D eigenvalue weighted by Gasteiger charge is 2.55. The molecule has 4 aliphatic rings. The molecule has 158 valence electrons. The van der Waals surface area contributed by atoms with Crippen molar-refractivity contribution in [3.8, 4) is 0 Å². The van der Waals surface area contributed by atoms with Crippen molar-refractivity contribution >= 4 is 29.1 Å². The second-order valence-electron chi connectivity index (χ2n) is 10.7. The van der Waals surface area contributed by atoms with E-state index < -0.39 is 6.04 Å². The van der Waals surface area contributed by atoms with Crippen LogP contribution in [0.3, 0.4) is 0 Å². The lowest BCUT2D eigenvalue weighted by Gasteiger charge is -2.55. The van der Waals surface area contributed by atoms with E-state index in [2.05, 4.69) is 21.5 Å². The van der Waals surface area contributed by atoms with Crippen molar-refractivity contribution < 1.29 is 9.59 Å². The van der Waals surface area contributed by atoms with Crippen molar-refractivity contribution in [1.29, 1.82) is 0 Å².